The van der Waals surface area contributed by atoms with E-state index in [-0.39, 0.29) is 24.0 Å². The minimum absolute atomic E-state index is 0.0194. The average Bonchev–Trinajstić information content (AvgIpc) is 3.19. The topological polar surface area (TPSA) is 78.3 Å². The molecule has 0 radical (unpaired) electrons. The number of amides is 1. The van der Waals surface area contributed by atoms with Crippen molar-refractivity contribution in [3.63, 3.8) is 0 Å². The van der Waals surface area contributed by atoms with E-state index in [0.717, 1.165) is 12.2 Å². The van der Waals surface area contributed by atoms with E-state index >= 15 is 0 Å². The first-order valence-corrected chi connectivity index (χ1v) is 11.2. The molecule has 0 aliphatic heterocycles. The molecule has 7 nitrogen and oxygen atoms in total. The van der Waals surface area contributed by atoms with Crippen LogP contribution >= 0.6 is 11.8 Å². The second-order valence-corrected chi connectivity index (χ2v) is 7.77. The summed E-state index contributed by atoms with van der Waals surface area (Å²) in [6, 6.07) is 13.6. The van der Waals surface area contributed by atoms with Gasteiger partial charge in [-0.15, -0.1) is 16.8 Å². The average molecular weight is 475 g/mol. The van der Waals surface area contributed by atoms with Crippen LogP contribution in [0.4, 0.5) is 14.5 Å². The summed E-state index contributed by atoms with van der Waals surface area (Å²) >= 11 is 1.22. The Morgan fingerprint density at radius 1 is 1.15 bits per heavy atom. The summed E-state index contributed by atoms with van der Waals surface area (Å²) in [5.74, 6) is 1.19. The highest BCUT2D eigenvalue weighted by Gasteiger charge is 2.14. The lowest BCUT2D eigenvalue weighted by Crippen LogP contribution is -2.15. The molecule has 0 atom stereocenters. The number of nitrogens with one attached hydrogen (secondary N) is 1. The van der Waals surface area contributed by atoms with Crippen molar-refractivity contribution in [2.24, 2.45) is 0 Å². The molecule has 0 fully saturated rings. The fourth-order valence-corrected chi connectivity index (χ4v) is 3.63. The van der Waals surface area contributed by atoms with Gasteiger partial charge in [0.1, 0.15) is 18.1 Å². The third kappa shape index (κ3) is 7.31. The summed E-state index contributed by atoms with van der Waals surface area (Å²) in [6.07, 6.45) is 2.68. The standard InChI is InChI=1S/C23H24F2N4O3S/c1-3-13-29-20(14-31-18-9-5-16(4-2)6-10-18)27-28-23(29)33-15-21(30)26-17-7-11-19(12-8-17)32-22(24)25/h3,5-12,22H,1,4,13-15H2,2H3,(H,26,30). The first kappa shape index (κ1) is 24.2. The second kappa shape index (κ2) is 12.0. The molecule has 1 heterocycles. The number of hydrogen-bond donors (Lipinski definition) is 1. The molecule has 33 heavy (non-hydrogen) atoms. The molecular formula is C23H24F2N4O3S. The van der Waals surface area contributed by atoms with Gasteiger partial charge in [0.25, 0.3) is 0 Å². The third-order valence-electron chi connectivity index (χ3n) is 4.50. The van der Waals surface area contributed by atoms with E-state index in [4.69, 9.17) is 4.74 Å². The maximum Gasteiger partial charge on any atom is 0.387 e. The fraction of sp³-hybridized carbons (Fsp3) is 0.261. The monoisotopic (exact) mass is 474 g/mol. The van der Waals surface area contributed by atoms with Crippen molar-refractivity contribution >= 4 is 23.4 Å². The molecule has 3 aromatic rings. The van der Waals surface area contributed by atoms with Gasteiger partial charge in [0.15, 0.2) is 11.0 Å². The zero-order valence-electron chi connectivity index (χ0n) is 18.0. The van der Waals surface area contributed by atoms with Crippen molar-refractivity contribution in [2.75, 3.05) is 11.1 Å². The zero-order valence-corrected chi connectivity index (χ0v) is 18.9. The van der Waals surface area contributed by atoms with E-state index in [1.54, 1.807) is 6.08 Å². The van der Waals surface area contributed by atoms with Crippen LogP contribution in [-0.2, 0) is 24.4 Å². The van der Waals surface area contributed by atoms with Gasteiger partial charge in [-0.1, -0.05) is 36.9 Å². The molecule has 10 heteroatoms. The minimum Gasteiger partial charge on any atom is -0.486 e. The van der Waals surface area contributed by atoms with Crippen LogP contribution in [0.15, 0.2) is 66.3 Å². The van der Waals surface area contributed by atoms with Crippen molar-refractivity contribution in [2.45, 2.75) is 38.3 Å². The molecule has 0 saturated carbocycles. The highest BCUT2D eigenvalue weighted by atomic mass is 32.2. The van der Waals surface area contributed by atoms with Crippen molar-refractivity contribution in [3.05, 3.63) is 72.6 Å². The van der Waals surface area contributed by atoms with Crippen molar-refractivity contribution in [3.8, 4) is 11.5 Å². The molecule has 0 spiro atoms. The number of aryl methyl sites for hydroxylation is 1. The molecule has 3 rings (SSSR count). The molecule has 1 amide bonds. The summed E-state index contributed by atoms with van der Waals surface area (Å²) in [5.41, 5.74) is 1.70. The molecule has 1 aromatic heterocycles. The number of halogens is 2. The lowest BCUT2D eigenvalue weighted by Gasteiger charge is -2.10. The van der Waals surface area contributed by atoms with Gasteiger partial charge in [0.2, 0.25) is 5.91 Å². The Labute approximate surface area is 194 Å². The third-order valence-corrected chi connectivity index (χ3v) is 5.47. The number of alkyl halides is 2. The molecular weight excluding hydrogens is 450 g/mol. The number of carbonyl (C=O) groups excluding carboxylic acids is 1. The number of ether oxygens (including phenoxy) is 2. The molecule has 1 N–H and O–H groups in total. The van der Waals surface area contributed by atoms with Gasteiger partial charge in [-0.2, -0.15) is 8.78 Å². The fourth-order valence-electron chi connectivity index (χ4n) is 2.86. The lowest BCUT2D eigenvalue weighted by atomic mass is 10.2. The number of thioether (sulfide) groups is 1. The van der Waals surface area contributed by atoms with E-state index in [2.05, 4.69) is 33.8 Å². The van der Waals surface area contributed by atoms with Gasteiger partial charge >= 0.3 is 6.61 Å². The normalized spacial score (nSPS) is 10.8. The Hall–Kier alpha value is -3.40. The summed E-state index contributed by atoms with van der Waals surface area (Å²) in [7, 11) is 0. The highest BCUT2D eigenvalue weighted by Crippen LogP contribution is 2.21. The highest BCUT2D eigenvalue weighted by molar-refractivity contribution is 7.99. The molecule has 0 aliphatic rings. The number of allylic oxidation sites excluding steroid dienone is 1. The Kier molecular flexibility index (Phi) is 8.82. The largest absolute Gasteiger partial charge is 0.486 e. The van der Waals surface area contributed by atoms with Crippen LogP contribution in [0.25, 0.3) is 0 Å². The number of carbonyl (C=O) groups is 1. The molecule has 0 aliphatic carbocycles. The van der Waals surface area contributed by atoms with Gasteiger partial charge in [0.05, 0.1) is 5.75 Å². The zero-order chi connectivity index (χ0) is 23.6. The van der Waals surface area contributed by atoms with E-state index in [9.17, 15) is 13.6 Å². The van der Waals surface area contributed by atoms with Crippen LogP contribution in [0.3, 0.4) is 0 Å². The SMILES string of the molecule is C=CCn1c(COc2ccc(CC)cc2)nnc1SCC(=O)Nc1ccc(OC(F)F)cc1. The van der Waals surface area contributed by atoms with E-state index < -0.39 is 6.61 Å². The predicted molar refractivity (Wildman–Crippen MR) is 123 cm³/mol. The Morgan fingerprint density at radius 3 is 2.48 bits per heavy atom. The number of nitrogens with zero attached hydrogens (tertiary/aromatic N) is 3. The summed E-state index contributed by atoms with van der Waals surface area (Å²) in [5, 5.41) is 11.6. The van der Waals surface area contributed by atoms with Crippen LogP contribution in [0.5, 0.6) is 11.5 Å². The lowest BCUT2D eigenvalue weighted by molar-refractivity contribution is -0.113. The van der Waals surface area contributed by atoms with E-state index in [0.29, 0.717) is 23.2 Å². The molecule has 0 bridgehead atoms. The van der Waals surface area contributed by atoms with Gasteiger partial charge in [-0.25, -0.2) is 0 Å². The molecule has 2 aromatic carbocycles. The van der Waals surface area contributed by atoms with Crippen LogP contribution in [0, 0.1) is 0 Å². The van der Waals surface area contributed by atoms with E-state index in [1.165, 1.54) is 41.6 Å². The Morgan fingerprint density at radius 2 is 1.85 bits per heavy atom. The van der Waals surface area contributed by atoms with Crippen LogP contribution in [-0.4, -0.2) is 33.0 Å². The summed E-state index contributed by atoms with van der Waals surface area (Å²) in [6.45, 7) is 3.66. The van der Waals surface area contributed by atoms with Crippen LogP contribution < -0.4 is 14.8 Å². The minimum atomic E-state index is -2.90. The van der Waals surface area contributed by atoms with Crippen molar-refractivity contribution in [1.82, 2.24) is 14.8 Å². The van der Waals surface area contributed by atoms with Gasteiger partial charge in [-0.05, 0) is 48.4 Å². The van der Waals surface area contributed by atoms with Crippen LogP contribution in [0.2, 0.25) is 0 Å². The maximum atomic E-state index is 12.3. The molecule has 0 unspecified atom stereocenters. The van der Waals surface area contributed by atoms with Crippen molar-refractivity contribution < 1.29 is 23.0 Å². The summed E-state index contributed by atoms with van der Waals surface area (Å²) < 4.78 is 36.4. The van der Waals surface area contributed by atoms with E-state index in [1.807, 2.05) is 28.8 Å². The van der Waals surface area contributed by atoms with Gasteiger partial charge in [-0.3, -0.25) is 9.36 Å². The first-order valence-electron chi connectivity index (χ1n) is 10.2. The first-order chi connectivity index (χ1) is 16.0. The van der Waals surface area contributed by atoms with Crippen LogP contribution in [0.1, 0.15) is 18.3 Å². The number of hydrogen-bond acceptors (Lipinski definition) is 6. The number of anilines is 1. The second-order valence-electron chi connectivity index (χ2n) is 6.82. The number of benzene rings is 2. The quantitative estimate of drug-likeness (QED) is 0.296. The Bertz CT molecular complexity index is 1060. The number of rotatable bonds is 12. The Balaban J connectivity index is 1.55. The maximum absolute atomic E-state index is 12.3. The van der Waals surface area contributed by atoms with Crippen molar-refractivity contribution in [1.29, 1.82) is 0 Å². The van der Waals surface area contributed by atoms with Gasteiger partial charge in [0, 0.05) is 12.2 Å². The predicted octanol–water partition coefficient (Wildman–Crippen LogP) is 4.94. The molecule has 174 valence electrons. The summed E-state index contributed by atoms with van der Waals surface area (Å²) in [4.78, 5) is 12.3. The smallest absolute Gasteiger partial charge is 0.387 e. The van der Waals surface area contributed by atoms with Gasteiger partial charge < -0.3 is 14.8 Å². The number of aromatic nitrogens is 3. The molecule has 0 saturated heterocycles.